The van der Waals surface area contributed by atoms with Gasteiger partial charge in [-0.15, -0.1) is 11.3 Å². The second-order valence-electron chi connectivity index (χ2n) is 4.22. The van der Waals surface area contributed by atoms with Gasteiger partial charge in [0.25, 0.3) is 15.9 Å². The van der Waals surface area contributed by atoms with Gasteiger partial charge < -0.3 is 0 Å². The Balaban J connectivity index is 2.26. The van der Waals surface area contributed by atoms with Gasteiger partial charge in [0, 0.05) is 9.75 Å². The number of aryl methyl sites for hydroxylation is 2. The number of hydrogen-bond acceptors (Lipinski definition) is 4. The molecule has 1 amide bonds. The van der Waals surface area contributed by atoms with Gasteiger partial charge in [0.15, 0.2) is 0 Å². The third-order valence-corrected chi connectivity index (χ3v) is 4.95. The highest BCUT2D eigenvalue weighted by Gasteiger charge is 2.20. The van der Waals surface area contributed by atoms with E-state index in [9.17, 15) is 17.6 Å². The Bertz CT molecular complexity index is 748. The normalized spacial score (nSPS) is 11.3. The molecule has 0 atom stereocenters. The van der Waals surface area contributed by atoms with E-state index in [4.69, 9.17) is 0 Å². The molecule has 0 saturated heterocycles. The molecule has 0 fully saturated rings. The molecule has 7 heteroatoms. The summed E-state index contributed by atoms with van der Waals surface area (Å²) in [5.74, 6) is -1.23. The fourth-order valence-corrected chi connectivity index (χ4v) is 3.59. The van der Waals surface area contributed by atoms with E-state index in [2.05, 4.69) is 0 Å². The predicted molar refractivity (Wildman–Crippen MR) is 74.8 cm³/mol. The fourth-order valence-electron chi connectivity index (χ4n) is 1.71. The van der Waals surface area contributed by atoms with Gasteiger partial charge in [-0.3, -0.25) is 4.79 Å². The van der Waals surface area contributed by atoms with E-state index in [1.54, 1.807) is 13.0 Å². The number of rotatable bonds is 3. The minimum atomic E-state index is -3.99. The van der Waals surface area contributed by atoms with Crippen LogP contribution < -0.4 is 4.72 Å². The maximum atomic E-state index is 12.8. The molecule has 0 aliphatic carbocycles. The number of halogens is 1. The lowest BCUT2D eigenvalue weighted by Crippen LogP contribution is -2.30. The van der Waals surface area contributed by atoms with Gasteiger partial charge in [-0.25, -0.2) is 17.5 Å². The second kappa shape index (κ2) is 5.34. The Morgan fingerprint density at radius 3 is 2.30 bits per heavy atom. The van der Waals surface area contributed by atoms with Crippen molar-refractivity contribution in [1.82, 2.24) is 4.72 Å². The van der Waals surface area contributed by atoms with Crippen LogP contribution in [0.1, 0.15) is 20.1 Å². The molecule has 0 aliphatic heterocycles. The first kappa shape index (κ1) is 14.7. The summed E-state index contributed by atoms with van der Waals surface area (Å²) in [6, 6.07) is 5.90. The Morgan fingerprint density at radius 2 is 1.80 bits per heavy atom. The van der Waals surface area contributed by atoms with E-state index in [1.807, 2.05) is 11.6 Å². The van der Waals surface area contributed by atoms with Crippen LogP contribution in [0.4, 0.5) is 4.39 Å². The largest absolute Gasteiger partial charge is 0.268 e. The molecule has 0 aliphatic rings. The van der Waals surface area contributed by atoms with Gasteiger partial charge in [0.05, 0.1) is 10.5 Å². The minimum absolute atomic E-state index is 0.156. The van der Waals surface area contributed by atoms with Gasteiger partial charge in [-0.05, 0) is 44.2 Å². The number of hydrogen-bond donors (Lipinski definition) is 1. The van der Waals surface area contributed by atoms with Crippen molar-refractivity contribution in [2.75, 3.05) is 0 Å². The number of carbonyl (C=O) groups is 1. The van der Waals surface area contributed by atoms with Crippen molar-refractivity contribution in [2.45, 2.75) is 18.7 Å². The highest BCUT2D eigenvalue weighted by Crippen LogP contribution is 2.21. The molecule has 1 heterocycles. The number of amides is 1. The van der Waals surface area contributed by atoms with Crippen LogP contribution in [-0.2, 0) is 10.0 Å². The summed E-state index contributed by atoms with van der Waals surface area (Å²) in [5.41, 5.74) is 0.332. The molecule has 106 valence electrons. The van der Waals surface area contributed by atoms with Crippen LogP contribution in [0.25, 0.3) is 0 Å². The van der Waals surface area contributed by atoms with Crippen LogP contribution in [0.15, 0.2) is 35.2 Å². The van der Waals surface area contributed by atoms with Crippen molar-refractivity contribution in [3.8, 4) is 0 Å². The molecule has 0 unspecified atom stereocenters. The summed E-state index contributed by atoms with van der Waals surface area (Å²) in [5, 5.41) is 0. The molecular formula is C13H12FNO3S2. The number of nitrogens with one attached hydrogen (secondary N) is 1. The zero-order valence-corrected chi connectivity index (χ0v) is 12.4. The molecule has 0 radical (unpaired) electrons. The Kier molecular flexibility index (Phi) is 3.92. The lowest BCUT2D eigenvalue weighted by Gasteiger charge is -2.06. The first-order chi connectivity index (χ1) is 9.29. The standard InChI is InChI=1S/C13H12FNO3S2/c1-8-7-12(9(2)19-8)13(16)15-20(17,18)11-5-3-10(14)4-6-11/h3-7H,1-2H3,(H,15,16). The second-order valence-corrected chi connectivity index (χ2v) is 7.36. The topological polar surface area (TPSA) is 63.2 Å². The van der Waals surface area contributed by atoms with Crippen molar-refractivity contribution in [1.29, 1.82) is 0 Å². The van der Waals surface area contributed by atoms with Crippen molar-refractivity contribution in [2.24, 2.45) is 0 Å². The first-order valence-corrected chi connectivity index (χ1v) is 7.99. The monoisotopic (exact) mass is 313 g/mol. The van der Waals surface area contributed by atoms with Gasteiger partial charge in [-0.2, -0.15) is 0 Å². The summed E-state index contributed by atoms with van der Waals surface area (Å²) < 4.78 is 38.7. The maximum absolute atomic E-state index is 12.8. The summed E-state index contributed by atoms with van der Waals surface area (Å²) in [4.78, 5) is 13.5. The summed E-state index contributed by atoms with van der Waals surface area (Å²) >= 11 is 1.42. The zero-order valence-electron chi connectivity index (χ0n) is 10.8. The van der Waals surface area contributed by atoms with Crippen LogP contribution in [0.2, 0.25) is 0 Å². The van der Waals surface area contributed by atoms with Crippen LogP contribution in [0.3, 0.4) is 0 Å². The number of thiophene rings is 1. The molecule has 1 aromatic heterocycles. The van der Waals surface area contributed by atoms with Crippen LogP contribution in [0.5, 0.6) is 0 Å². The third-order valence-electron chi connectivity index (χ3n) is 2.64. The van der Waals surface area contributed by atoms with Crippen LogP contribution >= 0.6 is 11.3 Å². The average Bonchev–Trinajstić information content (AvgIpc) is 2.68. The quantitative estimate of drug-likeness (QED) is 0.947. The zero-order chi connectivity index (χ0) is 14.9. The van der Waals surface area contributed by atoms with Crippen molar-refractivity contribution < 1.29 is 17.6 Å². The van der Waals surface area contributed by atoms with Crippen molar-refractivity contribution in [3.63, 3.8) is 0 Å². The van der Waals surface area contributed by atoms with Crippen molar-refractivity contribution in [3.05, 3.63) is 51.5 Å². The SMILES string of the molecule is Cc1cc(C(=O)NS(=O)(=O)c2ccc(F)cc2)c(C)s1. The van der Waals surface area contributed by atoms with E-state index >= 15 is 0 Å². The molecule has 4 nitrogen and oxygen atoms in total. The molecule has 20 heavy (non-hydrogen) atoms. The van der Waals surface area contributed by atoms with E-state index in [-0.39, 0.29) is 4.90 Å². The lowest BCUT2D eigenvalue weighted by atomic mass is 10.2. The molecular weight excluding hydrogens is 301 g/mol. The molecule has 0 bridgehead atoms. The summed E-state index contributed by atoms with van der Waals surface area (Å²) in [6.07, 6.45) is 0. The van der Waals surface area contributed by atoms with Gasteiger partial charge >= 0.3 is 0 Å². The fraction of sp³-hybridized carbons (Fsp3) is 0.154. The summed E-state index contributed by atoms with van der Waals surface area (Å²) in [7, 11) is -3.99. The van der Waals surface area contributed by atoms with E-state index < -0.39 is 21.7 Å². The van der Waals surface area contributed by atoms with Crippen LogP contribution in [0, 0.1) is 19.7 Å². The molecule has 2 aromatic rings. The van der Waals surface area contributed by atoms with Crippen molar-refractivity contribution >= 4 is 27.3 Å². The summed E-state index contributed by atoms with van der Waals surface area (Å²) in [6.45, 7) is 3.58. The Labute approximate surface area is 120 Å². The molecule has 1 N–H and O–H groups in total. The highest BCUT2D eigenvalue weighted by atomic mass is 32.2. The third kappa shape index (κ3) is 3.05. The smallest absolute Gasteiger partial charge is 0.266 e. The first-order valence-electron chi connectivity index (χ1n) is 5.69. The van der Waals surface area contributed by atoms with E-state index in [1.165, 1.54) is 11.3 Å². The van der Waals surface area contributed by atoms with Crippen LogP contribution in [-0.4, -0.2) is 14.3 Å². The molecule has 1 aromatic carbocycles. The highest BCUT2D eigenvalue weighted by molar-refractivity contribution is 7.90. The van der Waals surface area contributed by atoms with Gasteiger partial charge in [0.2, 0.25) is 0 Å². The lowest BCUT2D eigenvalue weighted by molar-refractivity contribution is 0.0981. The minimum Gasteiger partial charge on any atom is -0.268 e. The number of carbonyl (C=O) groups excluding carboxylic acids is 1. The molecule has 0 spiro atoms. The maximum Gasteiger partial charge on any atom is 0.266 e. The average molecular weight is 313 g/mol. The van der Waals surface area contributed by atoms with E-state index in [0.717, 1.165) is 34.0 Å². The molecule has 2 rings (SSSR count). The number of sulfonamides is 1. The predicted octanol–water partition coefficient (Wildman–Crippen LogP) is 2.62. The Hall–Kier alpha value is -1.73. The van der Waals surface area contributed by atoms with Gasteiger partial charge in [0.1, 0.15) is 5.82 Å². The van der Waals surface area contributed by atoms with E-state index in [0.29, 0.717) is 5.56 Å². The molecule has 0 saturated carbocycles. The van der Waals surface area contributed by atoms with Gasteiger partial charge in [-0.1, -0.05) is 0 Å². The Morgan fingerprint density at radius 1 is 1.20 bits per heavy atom. The number of benzene rings is 1.